The highest BCUT2D eigenvalue weighted by molar-refractivity contribution is 7.99. The number of halogens is 3. The Kier molecular flexibility index (Phi) is 8.16. The maximum atomic E-state index is 13.4. The lowest BCUT2D eigenvalue weighted by Gasteiger charge is -2.06. The Hall–Kier alpha value is -2.69. The van der Waals surface area contributed by atoms with E-state index in [2.05, 4.69) is 24.7 Å². The summed E-state index contributed by atoms with van der Waals surface area (Å²) >= 11 is 1.01. The molecule has 0 aliphatic rings. The smallest absolute Gasteiger partial charge is 0.277 e. The Labute approximate surface area is 172 Å². The summed E-state index contributed by atoms with van der Waals surface area (Å²) < 4.78 is 70.8. The second-order valence-electron chi connectivity index (χ2n) is 5.46. The number of amides is 1. The van der Waals surface area contributed by atoms with Gasteiger partial charge in [-0.15, -0.1) is 0 Å². The maximum Gasteiger partial charge on any atom is 0.277 e. The molecule has 1 aromatic heterocycles. The van der Waals surface area contributed by atoms with E-state index in [1.165, 1.54) is 0 Å². The van der Waals surface area contributed by atoms with Crippen LogP contribution in [0, 0.1) is 5.82 Å². The van der Waals surface area contributed by atoms with Crippen molar-refractivity contribution in [3.63, 3.8) is 0 Å². The third kappa shape index (κ3) is 6.97. The van der Waals surface area contributed by atoms with Gasteiger partial charge in [-0.25, -0.2) is 27.5 Å². The summed E-state index contributed by atoms with van der Waals surface area (Å²) in [6.07, 6.45) is -3.03. The number of hydrogen-bond acceptors (Lipinski definition) is 8. The van der Waals surface area contributed by atoms with Crippen molar-refractivity contribution in [1.82, 2.24) is 19.8 Å². The van der Waals surface area contributed by atoms with Gasteiger partial charge in [-0.3, -0.25) is 4.79 Å². The lowest BCUT2D eigenvalue weighted by molar-refractivity contribution is -0.116. The van der Waals surface area contributed by atoms with Crippen LogP contribution in [0.5, 0.6) is 0 Å². The minimum Gasteiger partial charge on any atom is -0.382 e. The van der Waals surface area contributed by atoms with Crippen molar-refractivity contribution in [3.8, 4) is 0 Å². The predicted molar refractivity (Wildman–Crippen MR) is 101 cm³/mol. The van der Waals surface area contributed by atoms with Crippen LogP contribution >= 0.6 is 11.8 Å². The second kappa shape index (κ2) is 10.4. The van der Waals surface area contributed by atoms with Gasteiger partial charge in [0.05, 0.1) is 17.8 Å². The van der Waals surface area contributed by atoms with Crippen LogP contribution in [0.25, 0.3) is 0 Å². The number of aliphatic imine (C=N–C) groups is 1. The summed E-state index contributed by atoms with van der Waals surface area (Å²) in [6.45, 7) is -0.610. The highest BCUT2D eigenvalue weighted by Gasteiger charge is 2.17. The minimum absolute atomic E-state index is 0.00219. The molecule has 0 saturated carbocycles. The lowest BCUT2D eigenvalue weighted by atomic mass is 10.2. The normalized spacial score (nSPS) is 12.5. The van der Waals surface area contributed by atoms with Gasteiger partial charge in [0.1, 0.15) is 5.82 Å². The van der Waals surface area contributed by atoms with Crippen molar-refractivity contribution in [3.05, 3.63) is 35.3 Å². The van der Waals surface area contributed by atoms with Crippen LogP contribution < -0.4 is 20.9 Å². The number of hydrogen-bond donors (Lipinski definition) is 4. The van der Waals surface area contributed by atoms with Gasteiger partial charge in [-0.2, -0.15) is 13.1 Å². The number of thioether (sulfide) groups is 1. The topological polar surface area (TPSA) is 179 Å². The fourth-order valence-corrected chi connectivity index (χ4v) is 3.63. The molecule has 0 fully saturated rings. The molecular weight excluding hydrogens is 451 g/mol. The number of carbonyl (C=O) groups excluding carboxylic acids is 1. The summed E-state index contributed by atoms with van der Waals surface area (Å²) in [5.41, 5.74) is 9.79. The Balaban J connectivity index is 2.00. The quantitative estimate of drug-likeness (QED) is 0.156. The molecule has 1 amide bonds. The number of aromatic nitrogens is 2. The zero-order valence-corrected chi connectivity index (χ0v) is 16.6. The van der Waals surface area contributed by atoms with Gasteiger partial charge >= 0.3 is 0 Å². The average Bonchev–Trinajstić information content (AvgIpc) is 3.14. The number of nitrogens with two attached hydrogens (primary N) is 2. The van der Waals surface area contributed by atoms with Crippen LogP contribution in [-0.2, 0) is 15.0 Å². The van der Waals surface area contributed by atoms with Crippen molar-refractivity contribution in [2.75, 3.05) is 18.8 Å². The van der Waals surface area contributed by atoms with E-state index in [0.29, 0.717) is 0 Å². The van der Waals surface area contributed by atoms with E-state index >= 15 is 0 Å². The van der Waals surface area contributed by atoms with E-state index in [1.54, 1.807) is 0 Å². The first-order valence-electron chi connectivity index (χ1n) is 7.99. The minimum atomic E-state index is -3.91. The first kappa shape index (κ1) is 23.6. The van der Waals surface area contributed by atoms with E-state index in [9.17, 15) is 26.4 Å². The van der Waals surface area contributed by atoms with E-state index in [0.717, 1.165) is 30.0 Å². The van der Waals surface area contributed by atoms with Crippen LogP contribution in [0.2, 0.25) is 0 Å². The standard InChI is InChI=1S/C14H16F3N7O4S2/c15-9-2-1-7(5-8(9)12(16)17)22-13(19)11-14(24-28-23-11)29-4-3-20-30(26,27)21-6-10(18)25/h1-2,5,12,20-21H,3-4,6H2,(H2,18,25)(H2,19,22). The Morgan fingerprint density at radius 3 is 2.67 bits per heavy atom. The molecule has 0 aliphatic heterocycles. The van der Waals surface area contributed by atoms with E-state index in [-0.39, 0.29) is 34.5 Å². The van der Waals surface area contributed by atoms with Gasteiger partial charge in [0.15, 0.2) is 16.6 Å². The molecule has 0 spiro atoms. The highest BCUT2D eigenvalue weighted by atomic mass is 32.2. The molecule has 0 saturated heterocycles. The number of alkyl halides is 2. The fraction of sp³-hybridized carbons (Fsp3) is 0.286. The number of primary amides is 1. The SMILES string of the molecule is NC(=O)CNS(=O)(=O)NCCSc1nonc1C(N)=Nc1ccc(F)c(C(F)F)c1. The summed E-state index contributed by atoms with van der Waals surface area (Å²) in [7, 11) is -3.91. The third-order valence-electron chi connectivity index (χ3n) is 3.23. The number of nitrogens with zero attached hydrogens (tertiary/aromatic N) is 3. The molecule has 0 bridgehead atoms. The maximum absolute atomic E-state index is 13.4. The third-order valence-corrected chi connectivity index (χ3v) is 5.29. The van der Waals surface area contributed by atoms with E-state index < -0.39 is 40.5 Å². The summed E-state index contributed by atoms with van der Waals surface area (Å²) in [5, 5.41) is 7.35. The predicted octanol–water partition coefficient (Wildman–Crippen LogP) is 0.185. The summed E-state index contributed by atoms with van der Waals surface area (Å²) in [5.74, 6) is -1.98. The van der Waals surface area contributed by atoms with Gasteiger partial charge in [0.2, 0.25) is 5.91 Å². The van der Waals surface area contributed by atoms with E-state index in [1.807, 2.05) is 4.72 Å². The molecular formula is C14H16F3N7O4S2. The van der Waals surface area contributed by atoms with Crippen LogP contribution in [0.4, 0.5) is 18.9 Å². The summed E-state index contributed by atoms with van der Waals surface area (Å²) in [4.78, 5) is 14.5. The van der Waals surface area contributed by atoms with Crippen LogP contribution in [0.1, 0.15) is 17.7 Å². The zero-order chi connectivity index (χ0) is 22.3. The Bertz CT molecular complexity index is 1030. The molecule has 0 atom stereocenters. The molecule has 0 radical (unpaired) electrons. The molecule has 2 aromatic rings. The van der Waals surface area contributed by atoms with Crippen LogP contribution in [0.15, 0.2) is 32.8 Å². The second-order valence-corrected chi connectivity index (χ2v) is 8.12. The van der Waals surface area contributed by atoms with E-state index in [4.69, 9.17) is 11.5 Å². The van der Waals surface area contributed by atoms with Crippen molar-refractivity contribution < 1.29 is 31.0 Å². The summed E-state index contributed by atoms with van der Waals surface area (Å²) in [6, 6.07) is 2.84. The van der Waals surface area contributed by atoms with Crippen molar-refractivity contribution in [2.45, 2.75) is 11.5 Å². The van der Waals surface area contributed by atoms with Gasteiger partial charge in [0, 0.05) is 12.3 Å². The highest BCUT2D eigenvalue weighted by Crippen LogP contribution is 2.27. The Morgan fingerprint density at radius 2 is 2.00 bits per heavy atom. The van der Waals surface area contributed by atoms with Crippen molar-refractivity contribution >= 4 is 39.4 Å². The number of benzene rings is 1. The van der Waals surface area contributed by atoms with Gasteiger partial charge in [-0.05, 0) is 28.5 Å². The number of amidine groups is 1. The lowest BCUT2D eigenvalue weighted by Crippen LogP contribution is -2.41. The molecule has 2 rings (SSSR count). The molecule has 30 heavy (non-hydrogen) atoms. The molecule has 1 heterocycles. The van der Waals surface area contributed by atoms with Crippen LogP contribution in [0.3, 0.4) is 0 Å². The first-order valence-corrected chi connectivity index (χ1v) is 10.5. The molecule has 0 aliphatic carbocycles. The largest absolute Gasteiger partial charge is 0.382 e. The monoisotopic (exact) mass is 467 g/mol. The molecule has 16 heteroatoms. The Morgan fingerprint density at radius 1 is 1.27 bits per heavy atom. The van der Waals surface area contributed by atoms with Crippen molar-refractivity contribution in [1.29, 1.82) is 0 Å². The molecule has 0 unspecified atom stereocenters. The zero-order valence-electron chi connectivity index (χ0n) is 15.0. The van der Waals surface area contributed by atoms with Crippen molar-refractivity contribution in [2.24, 2.45) is 16.5 Å². The molecule has 6 N–H and O–H groups in total. The number of nitrogens with one attached hydrogen (secondary N) is 2. The number of carbonyl (C=O) groups is 1. The van der Waals surface area contributed by atoms with Gasteiger partial charge in [0.25, 0.3) is 16.6 Å². The van der Waals surface area contributed by atoms with Crippen LogP contribution in [-0.4, -0.2) is 49.3 Å². The molecule has 1 aromatic carbocycles. The van der Waals surface area contributed by atoms with Gasteiger partial charge < -0.3 is 11.5 Å². The fourth-order valence-electron chi connectivity index (χ4n) is 1.93. The number of rotatable bonds is 11. The average molecular weight is 467 g/mol. The first-order chi connectivity index (χ1) is 14.1. The molecule has 11 nitrogen and oxygen atoms in total. The van der Waals surface area contributed by atoms with Gasteiger partial charge in [-0.1, -0.05) is 11.8 Å². The molecule has 164 valence electrons.